The summed E-state index contributed by atoms with van der Waals surface area (Å²) in [5.41, 5.74) is 1.55. The largest absolute Gasteiger partial charge is 0.314 e. The maximum absolute atomic E-state index is 4.20. The summed E-state index contributed by atoms with van der Waals surface area (Å²) in [5, 5.41) is 7.72. The summed E-state index contributed by atoms with van der Waals surface area (Å²) in [7, 11) is 4.13. The van der Waals surface area contributed by atoms with Crippen molar-refractivity contribution in [3.8, 4) is 0 Å². The SMILES string of the molecule is CC(C)NCC(C)(C)CN(C)Cc1cnn(C)c1. The van der Waals surface area contributed by atoms with E-state index < -0.39 is 0 Å². The highest BCUT2D eigenvalue weighted by Gasteiger charge is 2.20. The van der Waals surface area contributed by atoms with Gasteiger partial charge >= 0.3 is 0 Å². The van der Waals surface area contributed by atoms with Gasteiger partial charge < -0.3 is 10.2 Å². The van der Waals surface area contributed by atoms with Crippen molar-refractivity contribution in [3.63, 3.8) is 0 Å². The molecular weight excluding hydrogens is 224 g/mol. The molecule has 1 heterocycles. The lowest BCUT2D eigenvalue weighted by atomic mass is 9.92. The van der Waals surface area contributed by atoms with Crippen LogP contribution in [0.2, 0.25) is 0 Å². The molecule has 0 atom stereocenters. The Balaban J connectivity index is 2.40. The van der Waals surface area contributed by atoms with E-state index in [4.69, 9.17) is 0 Å². The third kappa shape index (κ3) is 5.65. The number of rotatable bonds is 7. The molecule has 1 aromatic heterocycles. The second kappa shape index (κ2) is 6.34. The van der Waals surface area contributed by atoms with Crippen LogP contribution in [0.3, 0.4) is 0 Å². The highest BCUT2D eigenvalue weighted by Crippen LogP contribution is 2.16. The van der Waals surface area contributed by atoms with Gasteiger partial charge in [0.15, 0.2) is 0 Å². The third-order valence-corrected chi connectivity index (χ3v) is 2.90. The number of nitrogens with zero attached hydrogens (tertiary/aromatic N) is 3. The normalized spacial score (nSPS) is 12.7. The summed E-state index contributed by atoms with van der Waals surface area (Å²) in [5.74, 6) is 0. The molecule has 0 aliphatic rings. The van der Waals surface area contributed by atoms with Crippen LogP contribution in [0.1, 0.15) is 33.3 Å². The maximum atomic E-state index is 4.20. The highest BCUT2D eigenvalue weighted by atomic mass is 15.2. The monoisotopic (exact) mass is 252 g/mol. The molecule has 1 rings (SSSR count). The Hall–Kier alpha value is -0.870. The summed E-state index contributed by atoms with van der Waals surface area (Å²) in [6.07, 6.45) is 4.02. The van der Waals surface area contributed by atoms with Crippen molar-refractivity contribution in [2.45, 2.75) is 40.3 Å². The van der Waals surface area contributed by atoms with Crippen molar-refractivity contribution < 1.29 is 0 Å². The first-order valence-corrected chi connectivity index (χ1v) is 6.68. The fourth-order valence-electron chi connectivity index (χ4n) is 2.19. The van der Waals surface area contributed by atoms with Crippen molar-refractivity contribution >= 4 is 0 Å². The van der Waals surface area contributed by atoms with E-state index in [1.165, 1.54) is 5.56 Å². The molecule has 0 radical (unpaired) electrons. The van der Waals surface area contributed by atoms with Gasteiger partial charge in [0.05, 0.1) is 6.20 Å². The smallest absolute Gasteiger partial charge is 0.0534 e. The minimum absolute atomic E-state index is 0.279. The van der Waals surface area contributed by atoms with Crippen molar-refractivity contribution in [2.24, 2.45) is 12.5 Å². The Morgan fingerprint density at radius 1 is 1.44 bits per heavy atom. The number of hydrogen-bond donors (Lipinski definition) is 1. The molecule has 1 N–H and O–H groups in total. The molecule has 0 aliphatic carbocycles. The fraction of sp³-hybridized carbons (Fsp3) is 0.786. The van der Waals surface area contributed by atoms with Crippen LogP contribution < -0.4 is 5.32 Å². The Labute approximate surface area is 111 Å². The lowest BCUT2D eigenvalue weighted by Gasteiger charge is -2.31. The average molecular weight is 252 g/mol. The van der Waals surface area contributed by atoms with Crippen LogP contribution >= 0.6 is 0 Å². The van der Waals surface area contributed by atoms with Gasteiger partial charge in [-0.2, -0.15) is 5.10 Å². The number of aryl methyl sites for hydroxylation is 1. The molecule has 0 aliphatic heterocycles. The molecule has 1 aromatic rings. The topological polar surface area (TPSA) is 33.1 Å². The molecule has 0 fully saturated rings. The quantitative estimate of drug-likeness (QED) is 0.804. The Morgan fingerprint density at radius 2 is 2.11 bits per heavy atom. The van der Waals surface area contributed by atoms with Gasteiger partial charge in [-0.1, -0.05) is 27.7 Å². The molecule has 4 nitrogen and oxygen atoms in total. The van der Waals surface area contributed by atoms with Crippen LogP contribution in [0, 0.1) is 5.41 Å². The van der Waals surface area contributed by atoms with Crippen LogP contribution in [-0.2, 0) is 13.6 Å². The van der Waals surface area contributed by atoms with Crippen LogP contribution in [0.4, 0.5) is 0 Å². The number of hydrogen-bond acceptors (Lipinski definition) is 3. The molecular formula is C14H28N4. The van der Waals surface area contributed by atoms with Gasteiger partial charge in [-0.25, -0.2) is 0 Å². The molecule has 0 aromatic carbocycles. The van der Waals surface area contributed by atoms with Crippen LogP contribution in [0.25, 0.3) is 0 Å². The zero-order chi connectivity index (χ0) is 13.8. The second-order valence-electron chi connectivity index (χ2n) is 6.39. The van der Waals surface area contributed by atoms with Crippen LogP contribution in [-0.4, -0.2) is 40.9 Å². The lowest BCUT2D eigenvalue weighted by Crippen LogP contribution is -2.40. The summed E-state index contributed by atoms with van der Waals surface area (Å²) >= 11 is 0. The Morgan fingerprint density at radius 3 is 2.61 bits per heavy atom. The Kier molecular flexibility index (Phi) is 5.35. The van der Waals surface area contributed by atoms with Gasteiger partial charge in [-0.3, -0.25) is 4.68 Å². The van der Waals surface area contributed by atoms with Crippen molar-refractivity contribution in [1.82, 2.24) is 20.0 Å². The van der Waals surface area contributed by atoms with Crippen LogP contribution in [0.5, 0.6) is 0 Å². The van der Waals surface area contributed by atoms with E-state index in [1.807, 2.05) is 17.9 Å². The van der Waals surface area contributed by atoms with Gasteiger partial charge in [-0.05, 0) is 12.5 Å². The minimum atomic E-state index is 0.279. The molecule has 0 saturated heterocycles. The first-order chi connectivity index (χ1) is 8.28. The molecule has 104 valence electrons. The van der Waals surface area contributed by atoms with Crippen LogP contribution in [0.15, 0.2) is 12.4 Å². The predicted molar refractivity (Wildman–Crippen MR) is 76.5 cm³/mol. The molecule has 0 bridgehead atoms. The van der Waals surface area contributed by atoms with Crippen molar-refractivity contribution in [2.75, 3.05) is 20.1 Å². The van der Waals surface area contributed by atoms with Gasteiger partial charge in [-0.15, -0.1) is 0 Å². The second-order valence-corrected chi connectivity index (χ2v) is 6.39. The highest BCUT2D eigenvalue weighted by molar-refractivity contribution is 5.03. The summed E-state index contributed by atoms with van der Waals surface area (Å²) < 4.78 is 1.86. The van der Waals surface area contributed by atoms with Gasteiger partial charge in [0.25, 0.3) is 0 Å². The Bertz CT molecular complexity index is 354. The average Bonchev–Trinajstić information content (AvgIpc) is 2.60. The third-order valence-electron chi connectivity index (χ3n) is 2.90. The van der Waals surface area contributed by atoms with E-state index in [-0.39, 0.29) is 5.41 Å². The molecule has 0 amide bonds. The minimum Gasteiger partial charge on any atom is -0.314 e. The predicted octanol–water partition coefficient (Wildman–Crippen LogP) is 1.88. The van der Waals surface area contributed by atoms with Crippen molar-refractivity contribution in [3.05, 3.63) is 18.0 Å². The van der Waals surface area contributed by atoms with E-state index in [0.717, 1.165) is 19.6 Å². The molecule has 18 heavy (non-hydrogen) atoms. The van der Waals surface area contributed by atoms with Gasteiger partial charge in [0, 0.05) is 44.5 Å². The number of aromatic nitrogens is 2. The first-order valence-electron chi connectivity index (χ1n) is 6.68. The van der Waals surface area contributed by atoms with Crippen molar-refractivity contribution in [1.29, 1.82) is 0 Å². The first kappa shape index (κ1) is 15.2. The van der Waals surface area contributed by atoms with E-state index in [9.17, 15) is 0 Å². The van der Waals surface area contributed by atoms with Gasteiger partial charge in [0.1, 0.15) is 0 Å². The summed E-state index contributed by atoms with van der Waals surface area (Å²) in [6, 6.07) is 0.549. The van der Waals surface area contributed by atoms with E-state index in [2.05, 4.69) is 56.3 Å². The maximum Gasteiger partial charge on any atom is 0.0534 e. The standard InChI is InChI=1S/C14H28N4/c1-12(2)15-10-14(3,4)11-17(5)8-13-7-16-18(6)9-13/h7,9,12,15H,8,10-11H2,1-6H3. The van der Waals surface area contributed by atoms with Gasteiger partial charge in [0.2, 0.25) is 0 Å². The van der Waals surface area contributed by atoms with E-state index >= 15 is 0 Å². The lowest BCUT2D eigenvalue weighted by molar-refractivity contribution is 0.195. The van der Waals surface area contributed by atoms with E-state index in [0.29, 0.717) is 6.04 Å². The molecule has 0 saturated carbocycles. The number of nitrogens with one attached hydrogen (secondary N) is 1. The fourth-order valence-corrected chi connectivity index (χ4v) is 2.19. The summed E-state index contributed by atoms with van der Waals surface area (Å²) in [4.78, 5) is 2.36. The zero-order valence-electron chi connectivity index (χ0n) is 12.7. The zero-order valence-corrected chi connectivity index (χ0v) is 12.7. The molecule has 4 heteroatoms. The molecule has 0 unspecified atom stereocenters. The molecule has 0 spiro atoms. The van der Waals surface area contributed by atoms with E-state index in [1.54, 1.807) is 0 Å². The summed E-state index contributed by atoms with van der Waals surface area (Å²) in [6.45, 7) is 12.1.